The van der Waals surface area contributed by atoms with Gasteiger partial charge in [-0.2, -0.15) is 0 Å². The summed E-state index contributed by atoms with van der Waals surface area (Å²) in [6.07, 6.45) is 0.619. The van der Waals surface area contributed by atoms with Gasteiger partial charge < -0.3 is 4.74 Å². The molecule has 2 aromatic rings. The smallest absolute Gasteiger partial charge is 0.338 e. The summed E-state index contributed by atoms with van der Waals surface area (Å²) in [6, 6.07) is 11.9. The predicted octanol–water partition coefficient (Wildman–Crippen LogP) is 5.48. The van der Waals surface area contributed by atoms with Gasteiger partial charge in [0.2, 0.25) is 5.91 Å². The van der Waals surface area contributed by atoms with Gasteiger partial charge in [0.1, 0.15) is 6.04 Å². The number of rotatable bonds is 5. The minimum atomic E-state index is -0.491. The minimum absolute atomic E-state index is 0.0126. The number of fused-ring (bicyclic) bond motifs is 1. The molecule has 1 aromatic carbocycles. The molecule has 2 atom stereocenters. The summed E-state index contributed by atoms with van der Waals surface area (Å²) in [6.45, 7) is 10.4. The summed E-state index contributed by atoms with van der Waals surface area (Å²) in [5, 5.41) is 2.35. The molecule has 2 aliphatic rings. The number of benzene rings is 1. The second-order valence-corrected chi connectivity index (χ2v) is 11.1. The molecule has 0 saturated carbocycles. The van der Waals surface area contributed by atoms with Crippen LogP contribution in [0.15, 0.2) is 58.0 Å². The Kier molecular flexibility index (Phi) is 6.32. The fourth-order valence-corrected chi connectivity index (χ4v) is 6.07. The number of carbonyl (C=O) groups is 2. The van der Waals surface area contributed by atoms with Crippen LogP contribution in [-0.4, -0.2) is 33.8 Å². The molecule has 32 heavy (non-hydrogen) atoms. The molecule has 1 aromatic heterocycles. The molecule has 0 bridgehead atoms. The van der Waals surface area contributed by atoms with E-state index in [4.69, 9.17) is 4.74 Å². The van der Waals surface area contributed by atoms with Crippen molar-refractivity contribution in [2.75, 3.05) is 6.61 Å². The van der Waals surface area contributed by atoms with E-state index >= 15 is 0 Å². The van der Waals surface area contributed by atoms with E-state index in [2.05, 4.69) is 50.0 Å². The molecule has 7 heteroatoms. The number of aliphatic imine (C=N–C) groups is 1. The zero-order chi connectivity index (χ0) is 23.0. The average Bonchev–Trinajstić information content (AvgIpc) is 3.36. The molecular weight excluding hydrogens is 440 g/mol. The molecule has 1 fully saturated rings. The Balaban J connectivity index is 1.63. The molecule has 0 spiro atoms. The van der Waals surface area contributed by atoms with E-state index in [1.165, 1.54) is 28.7 Å². The number of ether oxygens (including phenoxy) is 1. The maximum atomic E-state index is 13.6. The van der Waals surface area contributed by atoms with Crippen LogP contribution in [0.4, 0.5) is 0 Å². The third-order valence-electron chi connectivity index (χ3n) is 5.70. The Morgan fingerprint density at radius 1 is 1.19 bits per heavy atom. The van der Waals surface area contributed by atoms with E-state index < -0.39 is 12.0 Å². The van der Waals surface area contributed by atoms with Gasteiger partial charge >= 0.3 is 5.97 Å². The first-order valence-electron chi connectivity index (χ1n) is 10.8. The number of amides is 1. The number of amidine groups is 1. The quantitative estimate of drug-likeness (QED) is 0.545. The van der Waals surface area contributed by atoms with Gasteiger partial charge in [-0.15, -0.1) is 11.3 Å². The molecule has 2 aliphatic heterocycles. The second-order valence-electron chi connectivity index (χ2n) is 9.00. The van der Waals surface area contributed by atoms with Crippen molar-refractivity contribution in [1.82, 2.24) is 4.90 Å². The zero-order valence-electron chi connectivity index (χ0n) is 19.0. The largest absolute Gasteiger partial charge is 0.463 e. The van der Waals surface area contributed by atoms with E-state index in [-0.39, 0.29) is 23.2 Å². The van der Waals surface area contributed by atoms with Crippen LogP contribution in [-0.2, 0) is 26.2 Å². The van der Waals surface area contributed by atoms with Crippen molar-refractivity contribution in [3.63, 3.8) is 0 Å². The van der Waals surface area contributed by atoms with Gasteiger partial charge in [-0.05, 0) is 48.3 Å². The van der Waals surface area contributed by atoms with Crippen molar-refractivity contribution >= 4 is 40.1 Å². The Labute approximate surface area is 197 Å². The van der Waals surface area contributed by atoms with Gasteiger partial charge in [0.15, 0.2) is 5.17 Å². The van der Waals surface area contributed by atoms with E-state index in [0.29, 0.717) is 22.9 Å². The summed E-state index contributed by atoms with van der Waals surface area (Å²) in [5.74, 6) is -0.424. The maximum Gasteiger partial charge on any atom is 0.338 e. The van der Waals surface area contributed by atoms with Gasteiger partial charge in [0.05, 0.1) is 23.1 Å². The van der Waals surface area contributed by atoms with Crippen molar-refractivity contribution in [2.45, 2.75) is 57.7 Å². The lowest BCUT2D eigenvalue weighted by Gasteiger charge is -2.32. The van der Waals surface area contributed by atoms with Crippen molar-refractivity contribution in [3.05, 3.63) is 69.1 Å². The standard InChI is InChI=1S/C25H28N2O3S2/c1-6-30-23(29)20-15(2)26-24-27(21(20)18-8-7-13-31-18)22(28)19(32-24)14-16-9-11-17(12-10-16)25(3,4)5/h7-13,19,21H,6,14H2,1-5H3. The highest BCUT2D eigenvalue weighted by Gasteiger charge is 2.48. The molecule has 1 saturated heterocycles. The molecule has 3 heterocycles. The highest BCUT2D eigenvalue weighted by molar-refractivity contribution is 8.15. The molecule has 2 unspecified atom stereocenters. The van der Waals surface area contributed by atoms with E-state index in [9.17, 15) is 9.59 Å². The number of esters is 1. The fourth-order valence-electron chi connectivity index (χ4n) is 4.00. The van der Waals surface area contributed by atoms with Crippen LogP contribution >= 0.6 is 23.1 Å². The highest BCUT2D eigenvalue weighted by atomic mass is 32.2. The number of thiophene rings is 1. The van der Waals surface area contributed by atoms with Crippen LogP contribution in [0.5, 0.6) is 0 Å². The molecule has 0 aliphatic carbocycles. The molecule has 5 nitrogen and oxygen atoms in total. The Bertz CT molecular complexity index is 1080. The second kappa shape index (κ2) is 8.87. The van der Waals surface area contributed by atoms with Crippen LogP contribution in [0.2, 0.25) is 0 Å². The van der Waals surface area contributed by atoms with Crippen LogP contribution in [0, 0.1) is 0 Å². The molecule has 168 valence electrons. The van der Waals surface area contributed by atoms with Crippen molar-refractivity contribution in [2.24, 2.45) is 4.99 Å². The van der Waals surface area contributed by atoms with Gasteiger partial charge in [0, 0.05) is 4.88 Å². The van der Waals surface area contributed by atoms with Gasteiger partial charge in [-0.3, -0.25) is 9.69 Å². The molecule has 0 radical (unpaired) electrons. The highest BCUT2D eigenvalue weighted by Crippen LogP contribution is 2.45. The number of hydrogen-bond donors (Lipinski definition) is 0. The number of carbonyl (C=O) groups excluding carboxylic acids is 2. The first-order valence-corrected chi connectivity index (χ1v) is 12.6. The maximum absolute atomic E-state index is 13.6. The summed E-state index contributed by atoms with van der Waals surface area (Å²) in [5.41, 5.74) is 3.54. The van der Waals surface area contributed by atoms with Crippen LogP contribution in [0.25, 0.3) is 0 Å². The monoisotopic (exact) mass is 468 g/mol. The normalized spacial score (nSPS) is 21.0. The van der Waals surface area contributed by atoms with Crippen LogP contribution in [0.3, 0.4) is 0 Å². The van der Waals surface area contributed by atoms with Crippen molar-refractivity contribution < 1.29 is 14.3 Å². The molecule has 1 amide bonds. The van der Waals surface area contributed by atoms with Crippen molar-refractivity contribution in [1.29, 1.82) is 0 Å². The van der Waals surface area contributed by atoms with Crippen LogP contribution in [0.1, 0.15) is 56.7 Å². The van der Waals surface area contributed by atoms with Crippen molar-refractivity contribution in [3.8, 4) is 0 Å². The van der Waals surface area contributed by atoms with Gasteiger partial charge in [0.25, 0.3) is 0 Å². The zero-order valence-corrected chi connectivity index (χ0v) is 20.7. The van der Waals surface area contributed by atoms with Gasteiger partial charge in [-0.25, -0.2) is 9.79 Å². The SMILES string of the molecule is CCOC(=O)C1=C(C)N=C2SC(Cc3ccc(C(C)(C)C)cc3)C(=O)N2C1c1cccs1. The Morgan fingerprint density at radius 3 is 2.50 bits per heavy atom. The summed E-state index contributed by atoms with van der Waals surface area (Å²) >= 11 is 3.01. The Hall–Kier alpha value is -2.38. The van der Waals surface area contributed by atoms with E-state index in [0.717, 1.165) is 10.4 Å². The molecule has 4 rings (SSSR count). The Morgan fingerprint density at radius 2 is 1.91 bits per heavy atom. The number of allylic oxidation sites excluding steroid dienone is 1. The molecular formula is C25H28N2O3S2. The number of thioether (sulfide) groups is 1. The lowest BCUT2D eigenvalue weighted by molar-refractivity contribution is -0.139. The van der Waals surface area contributed by atoms with E-state index in [1.807, 2.05) is 24.4 Å². The summed E-state index contributed by atoms with van der Waals surface area (Å²) in [4.78, 5) is 33.6. The topological polar surface area (TPSA) is 59.0 Å². The molecule has 0 N–H and O–H groups in total. The lowest BCUT2D eigenvalue weighted by Crippen LogP contribution is -2.40. The third kappa shape index (κ3) is 4.28. The average molecular weight is 469 g/mol. The first kappa shape index (κ1) is 22.8. The summed E-state index contributed by atoms with van der Waals surface area (Å²) < 4.78 is 5.32. The van der Waals surface area contributed by atoms with Gasteiger partial charge in [-0.1, -0.05) is 62.9 Å². The first-order chi connectivity index (χ1) is 15.2. The lowest BCUT2D eigenvalue weighted by atomic mass is 9.86. The number of nitrogens with zero attached hydrogens (tertiary/aromatic N) is 2. The fraction of sp³-hybridized carbons (Fsp3) is 0.400. The van der Waals surface area contributed by atoms with E-state index in [1.54, 1.807) is 11.8 Å². The van der Waals surface area contributed by atoms with Crippen LogP contribution < -0.4 is 0 Å². The minimum Gasteiger partial charge on any atom is -0.463 e. The number of hydrogen-bond acceptors (Lipinski definition) is 6. The predicted molar refractivity (Wildman–Crippen MR) is 131 cm³/mol. The summed E-state index contributed by atoms with van der Waals surface area (Å²) in [7, 11) is 0. The third-order valence-corrected chi connectivity index (χ3v) is 7.78.